The Labute approximate surface area is 184 Å². The number of nitrogens with one attached hydrogen (secondary N) is 1. The maximum absolute atomic E-state index is 12.7. The van der Waals surface area contributed by atoms with Gasteiger partial charge in [0.05, 0.1) is 6.04 Å². The van der Waals surface area contributed by atoms with Gasteiger partial charge in [-0.2, -0.15) is 0 Å². The van der Waals surface area contributed by atoms with Crippen LogP contribution in [0.25, 0.3) is 21.7 Å². The predicted octanol–water partition coefficient (Wildman–Crippen LogP) is 2.79. The van der Waals surface area contributed by atoms with Gasteiger partial charge in [0.15, 0.2) is 6.79 Å². The third-order valence-electron chi connectivity index (χ3n) is 5.97. The number of aliphatic hydroxyl groups is 1. The Morgan fingerprint density at radius 3 is 2.59 bits per heavy atom. The van der Waals surface area contributed by atoms with Crippen LogP contribution in [-0.2, 0) is 4.74 Å². The lowest BCUT2D eigenvalue weighted by Gasteiger charge is -2.36. The number of furan rings is 1. The Morgan fingerprint density at radius 1 is 1.16 bits per heavy atom. The second-order valence-corrected chi connectivity index (χ2v) is 7.69. The second kappa shape index (κ2) is 8.58. The van der Waals surface area contributed by atoms with Crippen LogP contribution in [0.5, 0.6) is 5.75 Å². The molecule has 1 saturated heterocycles. The Balaban J connectivity index is 1.86. The standard InChI is InChI=1S/C24H23N3O5/c28-14-32-24(30)18-13-31-23-17-4-2-1-3-16(17)22(29)20(19(18)23)21(15-5-7-25-8-6-15)27-11-9-26-10-12-27/h1-8,13,21,26,28-29H,9-12,14H2. The van der Waals surface area contributed by atoms with E-state index in [1.807, 2.05) is 36.4 Å². The van der Waals surface area contributed by atoms with Gasteiger partial charge in [-0.05, 0) is 17.7 Å². The molecule has 0 bridgehead atoms. The van der Waals surface area contributed by atoms with E-state index in [0.717, 1.165) is 31.7 Å². The molecule has 0 amide bonds. The third kappa shape index (κ3) is 3.38. The fourth-order valence-electron chi connectivity index (χ4n) is 4.57. The monoisotopic (exact) mass is 433 g/mol. The van der Waals surface area contributed by atoms with Gasteiger partial charge < -0.3 is 24.7 Å². The molecular formula is C24H23N3O5. The van der Waals surface area contributed by atoms with Gasteiger partial charge in [0.25, 0.3) is 0 Å². The van der Waals surface area contributed by atoms with E-state index < -0.39 is 12.8 Å². The van der Waals surface area contributed by atoms with Crippen LogP contribution >= 0.6 is 0 Å². The zero-order valence-electron chi connectivity index (χ0n) is 17.3. The van der Waals surface area contributed by atoms with Crippen molar-refractivity contribution < 1.29 is 24.2 Å². The number of phenolic OH excluding ortho intramolecular Hbond substituents is 1. The molecule has 2 aromatic heterocycles. The molecule has 8 nitrogen and oxygen atoms in total. The van der Waals surface area contributed by atoms with Gasteiger partial charge in [0.1, 0.15) is 23.2 Å². The van der Waals surface area contributed by atoms with E-state index in [4.69, 9.17) is 14.3 Å². The molecular weight excluding hydrogens is 410 g/mol. The molecule has 3 N–H and O–H groups in total. The number of piperazine rings is 1. The smallest absolute Gasteiger partial charge is 0.344 e. The van der Waals surface area contributed by atoms with E-state index in [2.05, 4.69) is 15.2 Å². The highest BCUT2D eigenvalue weighted by Crippen LogP contribution is 2.46. The van der Waals surface area contributed by atoms with Gasteiger partial charge in [0.2, 0.25) is 0 Å². The lowest BCUT2D eigenvalue weighted by molar-refractivity contribution is 0.00694. The van der Waals surface area contributed by atoms with Crippen LogP contribution in [0.4, 0.5) is 0 Å². The number of aromatic nitrogens is 1. The number of rotatable bonds is 5. The quantitative estimate of drug-likeness (QED) is 0.326. The van der Waals surface area contributed by atoms with Crippen LogP contribution in [0.2, 0.25) is 0 Å². The van der Waals surface area contributed by atoms with Crippen LogP contribution in [0.1, 0.15) is 27.5 Å². The summed E-state index contributed by atoms with van der Waals surface area (Å²) in [6, 6.07) is 10.9. The van der Waals surface area contributed by atoms with Crippen molar-refractivity contribution in [3.63, 3.8) is 0 Å². The maximum atomic E-state index is 12.7. The Bertz CT molecular complexity index is 1270. The highest BCUT2D eigenvalue weighted by molar-refractivity contribution is 6.16. The summed E-state index contributed by atoms with van der Waals surface area (Å²) < 4.78 is 10.7. The van der Waals surface area contributed by atoms with E-state index in [-0.39, 0.29) is 17.4 Å². The van der Waals surface area contributed by atoms with Gasteiger partial charge in [0, 0.05) is 60.3 Å². The summed E-state index contributed by atoms with van der Waals surface area (Å²) in [5.41, 5.74) is 2.17. The fraction of sp³-hybridized carbons (Fsp3) is 0.250. The van der Waals surface area contributed by atoms with Crippen molar-refractivity contribution in [3.05, 3.63) is 71.7 Å². The minimum absolute atomic E-state index is 0.0906. The van der Waals surface area contributed by atoms with Crippen molar-refractivity contribution in [2.75, 3.05) is 33.0 Å². The van der Waals surface area contributed by atoms with Gasteiger partial charge in [-0.3, -0.25) is 9.88 Å². The number of nitrogens with zero attached hydrogens (tertiary/aromatic N) is 2. The van der Waals surface area contributed by atoms with Crippen LogP contribution in [0.3, 0.4) is 0 Å². The number of carbonyl (C=O) groups excluding carboxylic acids is 1. The second-order valence-electron chi connectivity index (χ2n) is 7.69. The van der Waals surface area contributed by atoms with Gasteiger partial charge in [-0.1, -0.05) is 24.3 Å². The number of benzene rings is 2. The number of phenols is 1. The summed E-state index contributed by atoms with van der Waals surface area (Å²) in [4.78, 5) is 19.1. The summed E-state index contributed by atoms with van der Waals surface area (Å²) in [7, 11) is 0. The Kier molecular flexibility index (Phi) is 5.48. The number of hydrogen-bond donors (Lipinski definition) is 3. The average Bonchev–Trinajstić information content (AvgIpc) is 3.28. The molecule has 1 unspecified atom stereocenters. The first-order valence-corrected chi connectivity index (χ1v) is 10.5. The molecule has 0 saturated carbocycles. The molecule has 1 aliphatic heterocycles. The van der Waals surface area contributed by atoms with E-state index in [0.29, 0.717) is 27.3 Å². The summed E-state index contributed by atoms with van der Waals surface area (Å²) in [5.74, 6) is -0.621. The van der Waals surface area contributed by atoms with Crippen LogP contribution in [0, 0.1) is 0 Å². The minimum atomic E-state index is -0.744. The lowest BCUT2D eigenvalue weighted by Crippen LogP contribution is -2.45. The van der Waals surface area contributed by atoms with E-state index in [1.165, 1.54) is 6.26 Å². The molecule has 3 heterocycles. The number of esters is 1. The summed E-state index contributed by atoms with van der Waals surface area (Å²) in [6.45, 7) is 2.39. The highest BCUT2D eigenvalue weighted by Gasteiger charge is 2.33. The predicted molar refractivity (Wildman–Crippen MR) is 118 cm³/mol. The number of carbonyl (C=O) groups is 1. The topological polar surface area (TPSA) is 108 Å². The minimum Gasteiger partial charge on any atom is -0.507 e. The first-order chi connectivity index (χ1) is 15.7. The summed E-state index contributed by atoms with van der Waals surface area (Å²) >= 11 is 0. The van der Waals surface area contributed by atoms with E-state index >= 15 is 0 Å². The summed E-state index contributed by atoms with van der Waals surface area (Å²) in [6.07, 6.45) is 4.77. The van der Waals surface area contributed by atoms with Crippen molar-refractivity contribution in [2.24, 2.45) is 0 Å². The van der Waals surface area contributed by atoms with Crippen molar-refractivity contribution in [1.29, 1.82) is 0 Å². The molecule has 4 aromatic rings. The number of pyridine rings is 1. The van der Waals surface area contributed by atoms with Crippen LogP contribution in [-0.4, -0.2) is 59.0 Å². The van der Waals surface area contributed by atoms with Crippen molar-refractivity contribution in [3.8, 4) is 5.75 Å². The van der Waals surface area contributed by atoms with Crippen molar-refractivity contribution in [1.82, 2.24) is 15.2 Å². The number of aromatic hydroxyl groups is 1. The number of fused-ring (bicyclic) bond motifs is 3. The molecule has 8 heteroatoms. The zero-order valence-corrected chi connectivity index (χ0v) is 17.3. The molecule has 0 aliphatic carbocycles. The van der Waals surface area contributed by atoms with Gasteiger partial charge >= 0.3 is 5.97 Å². The lowest BCUT2D eigenvalue weighted by atomic mass is 9.89. The first kappa shape index (κ1) is 20.4. The molecule has 164 valence electrons. The van der Waals surface area contributed by atoms with E-state index in [9.17, 15) is 9.90 Å². The maximum Gasteiger partial charge on any atom is 0.344 e. The molecule has 0 spiro atoms. The fourth-order valence-corrected chi connectivity index (χ4v) is 4.57. The third-order valence-corrected chi connectivity index (χ3v) is 5.97. The van der Waals surface area contributed by atoms with Crippen LogP contribution < -0.4 is 5.32 Å². The van der Waals surface area contributed by atoms with Crippen molar-refractivity contribution in [2.45, 2.75) is 6.04 Å². The van der Waals surface area contributed by atoms with Crippen LogP contribution in [0.15, 0.2) is 59.5 Å². The highest BCUT2D eigenvalue weighted by atomic mass is 16.6. The molecule has 2 aromatic carbocycles. The first-order valence-electron chi connectivity index (χ1n) is 10.5. The van der Waals surface area contributed by atoms with Crippen molar-refractivity contribution >= 4 is 27.7 Å². The molecule has 5 rings (SSSR count). The molecule has 0 radical (unpaired) electrons. The zero-order chi connectivity index (χ0) is 22.1. The van der Waals surface area contributed by atoms with Gasteiger partial charge in [-0.25, -0.2) is 4.79 Å². The molecule has 1 fully saturated rings. The normalized spacial score (nSPS) is 15.8. The SMILES string of the molecule is O=C(OCO)c1coc2c1c(C(c1ccncc1)N1CCNCC1)c(O)c1ccccc12. The largest absolute Gasteiger partial charge is 0.507 e. The Hall–Kier alpha value is -3.46. The number of hydrogen-bond acceptors (Lipinski definition) is 8. The Morgan fingerprint density at radius 2 is 1.88 bits per heavy atom. The summed E-state index contributed by atoms with van der Waals surface area (Å²) in [5, 5.41) is 25.9. The molecule has 1 aliphatic rings. The van der Waals surface area contributed by atoms with E-state index in [1.54, 1.807) is 12.4 Å². The average molecular weight is 433 g/mol. The van der Waals surface area contributed by atoms with Gasteiger partial charge in [-0.15, -0.1) is 0 Å². The number of ether oxygens (including phenoxy) is 1. The molecule has 32 heavy (non-hydrogen) atoms. The molecule has 1 atom stereocenters. The number of aliphatic hydroxyl groups excluding tert-OH is 1.